The van der Waals surface area contributed by atoms with Gasteiger partial charge in [-0.05, 0) is 47.4 Å². The lowest BCUT2D eigenvalue weighted by Gasteiger charge is -2.27. The van der Waals surface area contributed by atoms with Crippen LogP contribution in [0, 0.1) is 11.8 Å². The maximum absolute atomic E-state index is 6.41. The summed E-state index contributed by atoms with van der Waals surface area (Å²) < 4.78 is 6.41. The molecule has 0 spiro atoms. The Bertz CT molecular complexity index is 974. The molecular weight excluding hydrogens is 292 g/mol. The summed E-state index contributed by atoms with van der Waals surface area (Å²) in [5.74, 6) is 6.51. The summed E-state index contributed by atoms with van der Waals surface area (Å²) in [5, 5.41) is 2.48. The lowest BCUT2D eigenvalue weighted by Crippen LogP contribution is -2.27. The van der Waals surface area contributed by atoms with E-state index in [2.05, 4.69) is 79.4 Å². The van der Waals surface area contributed by atoms with E-state index in [-0.39, 0.29) is 0 Å². The zero-order valence-electron chi connectivity index (χ0n) is 14.1. The van der Waals surface area contributed by atoms with Crippen LogP contribution in [-0.2, 0) is 10.3 Å². The Morgan fingerprint density at radius 2 is 1.58 bits per heavy atom. The van der Waals surface area contributed by atoms with Crippen LogP contribution < -0.4 is 0 Å². The molecule has 0 bridgehead atoms. The van der Waals surface area contributed by atoms with E-state index in [0.29, 0.717) is 6.61 Å². The minimum Gasteiger partial charge on any atom is -0.354 e. The smallest absolute Gasteiger partial charge is 0.180 e. The summed E-state index contributed by atoms with van der Waals surface area (Å²) in [6.45, 7) is 4.71. The van der Waals surface area contributed by atoms with Gasteiger partial charge in [0.2, 0.25) is 0 Å². The van der Waals surface area contributed by atoms with Gasteiger partial charge in [-0.1, -0.05) is 61.4 Å². The fraction of sp³-hybridized carbons (Fsp3) is 0.217. The second kappa shape index (κ2) is 5.82. The summed E-state index contributed by atoms with van der Waals surface area (Å²) in [7, 11) is 0. The highest BCUT2D eigenvalue weighted by atomic mass is 16.5. The van der Waals surface area contributed by atoms with Crippen LogP contribution in [0.2, 0.25) is 0 Å². The van der Waals surface area contributed by atoms with E-state index in [1.807, 2.05) is 6.92 Å². The van der Waals surface area contributed by atoms with Crippen molar-refractivity contribution in [1.29, 1.82) is 0 Å². The van der Waals surface area contributed by atoms with Crippen molar-refractivity contribution >= 4 is 10.8 Å². The Kier molecular flexibility index (Phi) is 3.63. The summed E-state index contributed by atoms with van der Waals surface area (Å²) in [5.41, 5.74) is 4.16. The van der Waals surface area contributed by atoms with Gasteiger partial charge in [0.05, 0.1) is 0 Å². The van der Waals surface area contributed by atoms with E-state index in [1.54, 1.807) is 0 Å². The van der Waals surface area contributed by atoms with E-state index < -0.39 is 5.60 Å². The third-order valence-corrected chi connectivity index (χ3v) is 4.69. The van der Waals surface area contributed by atoms with Crippen LogP contribution in [0.5, 0.6) is 0 Å². The van der Waals surface area contributed by atoms with Gasteiger partial charge in [-0.3, -0.25) is 0 Å². The van der Waals surface area contributed by atoms with Gasteiger partial charge in [0.15, 0.2) is 5.60 Å². The zero-order chi connectivity index (χ0) is 16.6. The Balaban J connectivity index is 2.08. The highest BCUT2D eigenvalue weighted by Gasteiger charge is 2.43. The van der Waals surface area contributed by atoms with Crippen molar-refractivity contribution in [2.75, 3.05) is 6.61 Å². The van der Waals surface area contributed by atoms with Crippen LogP contribution >= 0.6 is 0 Å². The van der Waals surface area contributed by atoms with E-state index in [1.165, 1.54) is 27.5 Å². The summed E-state index contributed by atoms with van der Waals surface area (Å²) in [4.78, 5) is 0. The topological polar surface area (TPSA) is 9.23 Å². The molecule has 1 unspecified atom stereocenters. The molecule has 24 heavy (non-hydrogen) atoms. The SMILES string of the molecule is CC#CC1(OCCC)c2ccccc2-c2cc3ccccc3cc21. The minimum atomic E-state index is -0.652. The Labute approximate surface area is 143 Å². The first-order valence-corrected chi connectivity index (χ1v) is 8.51. The second-order valence-corrected chi connectivity index (χ2v) is 6.20. The first kappa shape index (κ1) is 15.0. The van der Waals surface area contributed by atoms with Crippen LogP contribution in [0.15, 0.2) is 60.7 Å². The van der Waals surface area contributed by atoms with Gasteiger partial charge < -0.3 is 4.74 Å². The fourth-order valence-corrected chi connectivity index (χ4v) is 3.68. The Morgan fingerprint density at radius 1 is 0.875 bits per heavy atom. The van der Waals surface area contributed by atoms with Crippen LogP contribution in [0.1, 0.15) is 31.4 Å². The van der Waals surface area contributed by atoms with Gasteiger partial charge in [-0.25, -0.2) is 0 Å². The van der Waals surface area contributed by atoms with E-state index in [9.17, 15) is 0 Å². The summed E-state index contributed by atoms with van der Waals surface area (Å²) >= 11 is 0. The van der Waals surface area contributed by atoms with E-state index in [4.69, 9.17) is 4.74 Å². The molecule has 1 atom stereocenters. The highest BCUT2D eigenvalue weighted by Crippen LogP contribution is 2.50. The molecule has 3 aromatic carbocycles. The van der Waals surface area contributed by atoms with E-state index >= 15 is 0 Å². The molecule has 0 amide bonds. The molecule has 3 aromatic rings. The lowest BCUT2D eigenvalue weighted by molar-refractivity contribution is 0.0301. The van der Waals surface area contributed by atoms with Gasteiger partial charge in [0.1, 0.15) is 0 Å². The number of hydrogen-bond donors (Lipinski definition) is 0. The molecule has 0 saturated heterocycles. The average Bonchev–Trinajstić information content (AvgIpc) is 2.89. The molecule has 1 heteroatoms. The molecule has 0 aromatic heterocycles. The van der Waals surface area contributed by atoms with Crippen molar-refractivity contribution in [2.24, 2.45) is 0 Å². The van der Waals surface area contributed by atoms with Crippen molar-refractivity contribution in [3.63, 3.8) is 0 Å². The Hall–Kier alpha value is -2.56. The average molecular weight is 312 g/mol. The van der Waals surface area contributed by atoms with Crippen molar-refractivity contribution in [1.82, 2.24) is 0 Å². The van der Waals surface area contributed by atoms with E-state index in [0.717, 1.165) is 12.0 Å². The predicted molar refractivity (Wildman–Crippen MR) is 99.9 cm³/mol. The van der Waals surface area contributed by atoms with Crippen molar-refractivity contribution in [3.05, 3.63) is 71.8 Å². The maximum atomic E-state index is 6.41. The fourth-order valence-electron chi connectivity index (χ4n) is 3.68. The quantitative estimate of drug-likeness (QED) is 0.579. The van der Waals surface area contributed by atoms with Gasteiger partial charge in [-0.15, -0.1) is 5.92 Å². The van der Waals surface area contributed by atoms with Crippen LogP contribution in [-0.4, -0.2) is 6.61 Å². The first-order chi connectivity index (χ1) is 11.8. The van der Waals surface area contributed by atoms with Gasteiger partial charge >= 0.3 is 0 Å². The largest absolute Gasteiger partial charge is 0.354 e. The molecule has 4 rings (SSSR count). The number of rotatable bonds is 3. The second-order valence-electron chi connectivity index (χ2n) is 6.20. The van der Waals surface area contributed by atoms with Crippen molar-refractivity contribution in [2.45, 2.75) is 25.9 Å². The molecule has 1 aliphatic carbocycles. The van der Waals surface area contributed by atoms with Gasteiger partial charge in [-0.2, -0.15) is 0 Å². The predicted octanol–water partition coefficient (Wildman–Crippen LogP) is 5.51. The molecule has 0 saturated carbocycles. The zero-order valence-corrected chi connectivity index (χ0v) is 14.1. The number of hydrogen-bond acceptors (Lipinski definition) is 1. The number of benzene rings is 3. The third kappa shape index (κ3) is 2.08. The normalized spacial score (nSPS) is 17.9. The molecule has 118 valence electrons. The standard InChI is InChI=1S/C23H20O/c1-3-13-23(24-14-4-2)21-12-8-7-11-19(21)20-15-17-9-5-6-10-18(17)16-22(20)23/h5-12,15-16H,4,14H2,1-2H3. The number of ether oxygens (including phenoxy) is 1. The van der Waals surface area contributed by atoms with Gasteiger partial charge in [0.25, 0.3) is 0 Å². The molecule has 0 radical (unpaired) electrons. The molecule has 0 fully saturated rings. The monoisotopic (exact) mass is 312 g/mol. The van der Waals surface area contributed by atoms with Crippen LogP contribution in [0.25, 0.3) is 21.9 Å². The van der Waals surface area contributed by atoms with Crippen LogP contribution in [0.4, 0.5) is 0 Å². The maximum Gasteiger partial charge on any atom is 0.180 e. The number of fused-ring (bicyclic) bond motifs is 4. The molecule has 0 N–H and O–H groups in total. The molecular formula is C23H20O. The van der Waals surface area contributed by atoms with Crippen molar-refractivity contribution < 1.29 is 4.74 Å². The molecule has 1 nitrogen and oxygen atoms in total. The van der Waals surface area contributed by atoms with Crippen LogP contribution in [0.3, 0.4) is 0 Å². The molecule has 1 aliphatic rings. The Morgan fingerprint density at radius 3 is 2.33 bits per heavy atom. The minimum absolute atomic E-state index is 0.652. The van der Waals surface area contributed by atoms with Crippen molar-refractivity contribution in [3.8, 4) is 23.0 Å². The third-order valence-electron chi connectivity index (χ3n) is 4.69. The van der Waals surface area contributed by atoms with Gasteiger partial charge in [0, 0.05) is 17.7 Å². The summed E-state index contributed by atoms with van der Waals surface area (Å²) in [6.07, 6.45) is 0.970. The lowest BCUT2D eigenvalue weighted by atomic mass is 9.90. The first-order valence-electron chi connectivity index (χ1n) is 8.51. The molecule has 0 aliphatic heterocycles. The highest BCUT2D eigenvalue weighted by molar-refractivity contribution is 5.94. The molecule has 0 heterocycles. The summed E-state index contributed by atoms with van der Waals surface area (Å²) in [6, 6.07) is 21.5.